The highest BCUT2D eigenvalue weighted by Crippen LogP contribution is 2.14. The summed E-state index contributed by atoms with van der Waals surface area (Å²) in [5.41, 5.74) is 0.376. The van der Waals surface area contributed by atoms with Crippen LogP contribution in [0.1, 0.15) is 63.2 Å². The van der Waals surface area contributed by atoms with Crippen molar-refractivity contribution in [3.8, 4) is 0 Å². The molecule has 23 heavy (non-hydrogen) atoms. The van der Waals surface area contributed by atoms with E-state index in [2.05, 4.69) is 17.6 Å². The maximum atomic E-state index is 12.1. The fourth-order valence-corrected chi connectivity index (χ4v) is 2.52. The minimum Gasteiger partial charge on any atom is -0.352 e. The molecule has 0 fully saturated rings. The average Bonchev–Trinajstić information content (AvgIpc) is 2.51. The summed E-state index contributed by atoms with van der Waals surface area (Å²) in [5.74, 6) is -0.512. The van der Waals surface area contributed by atoms with Crippen LogP contribution in [0.4, 0.5) is 0 Å². The van der Waals surface area contributed by atoms with E-state index < -0.39 is 6.04 Å². The van der Waals surface area contributed by atoms with Gasteiger partial charge in [-0.05, 0) is 32.4 Å². The van der Waals surface area contributed by atoms with Crippen LogP contribution in [0.2, 0.25) is 5.02 Å². The van der Waals surface area contributed by atoms with Crippen LogP contribution in [0, 0.1) is 0 Å². The lowest BCUT2D eigenvalue weighted by molar-refractivity contribution is -0.123. The first-order valence-electron chi connectivity index (χ1n) is 8.31. The molecule has 4 nitrogen and oxygen atoms in total. The van der Waals surface area contributed by atoms with Crippen molar-refractivity contribution in [1.29, 1.82) is 0 Å². The second-order valence-corrected chi connectivity index (χ2v) is 6.34. The Balaban J connectivity index is 2.41. The molecule has 2 amide bonds. The molecule has 2 N–H and O–H groups in total. The number of halogens is 1. The molecule has 1 rings (SSSR count). The number of benzene rings is 1. The van der Waals surface area contributed by atoms with Gasteiger partial charge in [0.25, 0.3) is 5.91 Å². The molecule has 0 aromatic heterocycles. The van der Waals surface area contributed by atoms with Crippen molar-refractivity contribution >= 4 is 23.4 Å². The number of rotatable bonds is 9. The van der Waals surface area contributed by atoms with E-state index in [-0.39, 0.29) is 17.9 Å². The molecule has 0 saturated carbocycles. The van der Waals surface area contributed by atoms with Crippen molar-refractivity contribution in [2.45, 2.75) is 65.0 Å². The van der Waals surface area contributed by atoms with Gasteiger partial charge in [0.15, 0.2) is 0 Å². The lowest BCUT2D eigenvalue weighted by Gasteiger charge is -2.18. The van der Waals surface area contributed by atoms with Crippen molar-refractivity contribution in [2.24, 2.45) is 0 Å². The van der Waals surface area contributed by atoms with E-state index in [4.69, 9.17) is 11.6 Å². The Morgan fingerprint density at radius 1 is 1.09 bits per heavy atom. The van der Waals surface area contributed by atoms with Crippen molar-refractivity contribution in [3.63, 3.8) is 0 Å². The second kappa shape index (κ2) is 10.3. The van der Waals surface area contributed by atoms with E-state index in [0.29, 0.717) is 10.6 Å². The molecule has 0 spiro atoms. The Labute approximate surface area is 144 Å². The molecule has 128 valence electrons. The normalized spacial score (nSPS) is 13.2. The SMILES string of the molecule is CCCCCCC(C)NC(=O)C(C)NC(=O)c1ccccc1Cl. The van der Waals surface area contributed by atoms with Crippen LogP contribution in [-0.2, 0) is 4.79 Å². The first-order valence-corrected chi connectivity index (χ1v) is 8.69. The lowest BCUT2D eigenvalue weighted by atomic mass is 10.1. The van der Waals surface area contributed by atoms with Gasteiger partial charge in [0.1, 0.15) is 6.04 Å². The quantitative estimate of drug-likeness (QED) is 0.670. The Kier molecular flexibility index (Phi) is 8.70. The monoisotopic (exact) mass is 338 g/mol. The highest BCUT2D eigenvalue weighted by atomic mass is 35.5. The number of nitrogens with one attached hydrogen (secondary N) is 2. The Morgan fingerprint density at radius 2 is 1.78 bits per heavy atom. The molecular weight excluding hydrogens is 312 g/mol. The molecule has 0 aliphatic rings. The van der Waals surface area contributed by atoms with Gasteiger partial charge in [-0.1, -0.05) is 56.3 Å². The molecule has 1 aromatic carbocycles. The first kappa shape index (κ1) is 19.5. The van der Waals surface area contributed by atoms with Crippen molar-refractivity contribution in [1.82, 2.24) is 10.6 Å². The molecular formula is C18H27ClN2O2. The Bertz CT molecular complexity index is 519. The largest absolute Gasteiger partial charge is 0.352 e. The van der Waals surface area contributed by atoms with Crippen LogP contribution >= 0.6 is 11.6 Å². The maximum Gasteiger partial charge on any atom is 0.253 e. The number of hydrogen-bond donors (Lipinski definition) is 2. The van der Waals surface area contributed by atoms with Crippen LogP contribution in [0.15, 0.2) is 24.3 Å². The maximum absolute atomic E-state index is 12.1. The minimum absolute atomic E-state index is 0.110. The van der Waals surface area contributed by atoms with E-state index in [1.54, 1.807) is 31.2 Å². The third kappa shape index (κ3) is 7.04. The van der Waals surface area contributed by atoms with Gasteiger partial charge in [-0.3, -0.25) is 9.59 Å². The van der Waals surface area contributed by atoms with E-state index in [0.717, 1.165) is 12.8 Å². The standard InChI is InChI=1S/C18H27ClN2O2/c1-4-5-6-7-10-13(2)20-17(22)14(3)21-18(23)15-11-8-9-12-16(15)19/h8-9,11-14H,4-7,10H2,1-3H3,(H,20,22)(H,21,23). The van der Waals surface area contributed by atoms with Crippen molar-refractivity contribution < 1.29 is 9.59 Å². The summed E-state index contributed by atoms with van der Waals surface area (Å²) >= 11 is 5.99. The van der Waals surface area contributed by atoms with Crippen LogP contribution in [0.5, 0.6) is 0 Å². The molecule has 0 saturated heterocycles. The fraction of sp³-hybridized carbons (Fsp3) is 0.556. The number of unbranched alkanes of at least 4 members (excludes halogenated alkanes) is 3. The minimum atomic E-state index is -0.600. The zero-order valence-electron chi connectivity index (χ0n) is 14.2. The highest BCUT2D eigenvalue weighted by Gasteiger charge is 2.19. The van der Waals surface area contributed by atoms with E-state index >= 15 is 0 Å². The van der Waals surface area contributed by atoms with Crippen LogP contribution in [0.25, 0.3) is 0 Å². The summed E-state index contributed by atoms with van der Waals surface area (Å²) in [4.78, 5) is 24.3. The lowest BCUT2D eigenvalue weighted by Crippen LogP contribution is -2.47. The summed E-state index contributed by atoms with van der Waals surface area (Å²) in [5, 5.41) is 6.00. The predicted octanol–water partition coefficient (Wildman–Crippen LogP) is 3.93. The number of carbonyl (C=O) groups is 2. The number of hydrogen-bond acceptors (Lipinski definition) is 2. The molecule has 0 heterocycles. The molecule has 0 aliphatic heterocycles. The van der Waals surface area contributed by atoms with E-state index in [1.807, 2.05) is 6.92 Å². The summed E-state index contributed by atoms with van der Waals surface area (Å²) < 4.78 is 0. The van der Waals surface area contributed by atoms with Gasteiger partial charge in [0.05, 0.1) is 10.6 Å². The molecule has 0 bridgehead atoms. The van der Waals surface area contributed by atoms with Gasteiger partial charge in [-0.15, -0.1) is 0 Å². The van der Waals surface area contributed by atoms with Gasteiger partial charge < -0.3 is 10.6 Å². The molecule has 2 atom stereocenters. The molecule has 1 aromatic rings. The van der Waals surface area contributed by atoms with Crippen molar-refractivity contribution in [3.05, 3.63) is 34.9 Å². The molecule has 0 aliphatic carbocycles. The van der Waals surface area contributed by atoms with Gasteiger partial charge in [-0.25, -0.2) is 0 Å². The molecule has 2 unspecified atom stereocenters. The Morgan fingerprint density at radius 3 is 2.43 bits per heavy atom. The van der Waals surface area contributed by atoms with Gasteiger partial charge in [0, 0.05) is 6.04 Å². The average molecular weight is 339 g/mol. The number of amides is 2. The summed E-state index contributed by atoms with van der Waals surface area (Å²) in [6.45, 7) is 5.84. The smallest absolute Gasteiger partial charge is 0.253 e. The van der Waals surface area contributed by atoms with Crippen LogP contribution in [-0.4, -0.2) is 23.9 Å². The fourth-order valence-electron chi connectivity index (χ4n) is 2.30. The van der Waals surface area contributed by atoms with E-state index in [9.17, 15) is 9.59 Å². The third-order valence-corrected chi connectivity index (χ3v) is 4.07. The summed E-state index contributed by atoms with van der Waals surface area (Å²) in [6, 6.07) is 6.30. The summed E-state index contributed by atoms with van der Waals surface area (Å²) in [7, 11) is 0. The van der Waals surface area contributed by atoms with Crippen molar-refractivity contribution in [2.75, 3.05) is 0 Å². The highest BCUT2D eigenvalue weighted by molar-refractivity contribution is 6.33. The zero-order valence-corrected chi connectivity index (χ0v) is 15.0. The summed E-state index contributed by atoms with van der Waals surface area (Å²) in [6.07, 6.45) is 5.68. The zero-order chi connectivity index (χ0) is 17.2. The van der Waals surface area contributed by atoms with Crippen LogP contribution < -0.4 is 10.6 Å². The van der Waals surface area contributed by atoms with Crippen LogP contribution in [0.3, 0.4) is 0 Å². The Hall–Kier alpha value is -1.55. The van der Waals surface area contributed by atoms with Gasteiger partial charge in [-0.2, -0.15) is 0 Å². The predicted molar refractivity (Wildman–Crippen MR) is 94.7 cm³/mol. The molecule has 5 heteroatoms. The van der Waals surface area contributed by atoms with E-state index in [1.165, 1.54) is 19.3 Å². The topological polar surface area (TPSA) is 58.2 Å². The third-order valence-electron chi connectivity index (χ3n) is 3.74. The first-order chi connectivity index (χ1) is 11.0. The van der Waals surface area contributed by atoms with Gasteiger partial charge >= 0.3 is 0 Å². The second-order valence-electron chi connectivity index (χ2n) is 5.93. The number of carbonyl (C=O) groups excluding carboxylic acids is 2. The molecule has 0 radical (unpaired) electrons. The van der Waals surface area contributed by atoms with Gasteiger partial charge in [0.2, 0.25) is 5.91 Å².